The molecule has 0 N–H and O–H groups in total. The fourth-order valence-corrected chi connectivity index (χ4v) is 1.96. The SMILES string of the molecule is I/C=C1/COC(c2ccccc2)C1. The predicted molar refractivity (Wildman–Crippen MR) is 61.9 cm³/mol. The van der Waals surface area contributed by atoms with Crippen LogP contribution in [0.3, 0.4) is 0 Å². The van der Waals surface area contributed by atoms with E-state index >= 15 is 0 Å². The maximum atomic E-state index is 5.67. The van der Waals surface area contributed by atoms with Gasteiger partial charge < -0.3 is 4.74 Å². The number of rotatable bonds is 1. The van der Waals surface area contributed by atoms with Gasteiger partial charge in [0.15, 0.2) is 0 Å². The molecule has 2 heteroatoms. The van der Waals surface area contributed by atoms with Crippen molar-refractivity contribution < 1.29 is 4.74 Å². The van der Waals surface area contributed by atoms with Crippen molar-refractivity contribution >= 4 is 22.6 Å². The Morgan fingerprint density at radius 2 is 2.08 bits per heavy atom. The molecule has 0 spiro atoms. The minimum Gasteiger partial charge on any atom is -0.369 e. The van der Waals surface area contributed by atoms with Crippen LogP contribution in [0.15, 0.2) is 40.0 Å². The van der Waals surface area contributed by atoms with E-state index in [1.54, 1.807) is 0 Å². The Labute approximate surface area is 91.9 Å². The van der Waals surface area contributed by atoms with Crippen LogP contribution in [0.4, 0.5) is 0 Å². The number of halogens is 1. The first-order chi connectivity index (χ1) is 6.40. The van der Waals surface area contributed by atoms with E-state index in [-0.39, 0.29) is 6.10 Å². The highest BCUT2D eigenvalue weighted by Gasteiger charge is 2.20. The highest BCUT2D eigenvalue weighted by molar-refractivity contribution is 14.1. The molecule has 68 valence electrons. The topological polar surface area (TPSA) is 9.23 Å². The summed E-state index contributed by atoms with van der Waals surface area (Å²) in [7, 11) is 0. The minimum absolute atomic E-state index is 0.280. The van der Waals surface area contributed by atoms with Crippen molar-refractivity contribution in [3.63, 3.8) is 0 Å². The molecule has 0 radical (unpaired) electrons. The minimum atomic E-state index is 0.280. The normalized spacial score (nSPS) is 25.3. The van der Waals surface area contributed by atoms with Gasteiger partial charge in [-0.25, -0.2) is 0 Å². The molecule has 1 fully saturated rings. The molecule has 0 aromatic heterocycles. The summed E-state index contributed by atoms with van der Waals surface area (Å²) in [5.74, 6) is 0. The second-order valence-corrected chi connectivity index (χ2v) is 3.80. The standard InChI is InChI=1S/C11H11IO/c12-7-9-6-11(13-8-9)10-4-2-1-3-5-10/h1-5,7,11H,6,8H2/b9-7+. The zero-order valence-electron chi connectivity index (χ0n) is 7.24. The summed E-state index contributed by atoms with van der Waals surface area (Å²) in [5, 5.41) is 0. The third-order valence-corrected chi connectivity index (χ3v) is 3.12. The Balaban J connectivity index is 2.13. The van der Waals surface area contributed by atoms with E-state index in [0.717, 1.165) is 13.0 Å². The van der Waals surface area contributed by atoms with Gasteiger partial charge in [-0.2, -0.15) is 0 Å². The van der Waals surface area contributed by atoms with Gasteiger partial charge in [0.05, 0.1) is 12.7 Å². The maximum Gasteiger partial charge on any atom is 0.0867 e. The van der Waals surface area contributed by atoms with Crippen molar-refractivity contribution in [2.24, 2.45) is 0 Å². The molecular formula is C11H11IO. The monoisotopic (exact) mass is 286 g/mol. The Morgan fingerprint density at radius 1 is 1.31 bits per heavy atom. The summed E-state index contributed by atoms with van der Waals surface area (Å²) in [6.07, 6.45) is 1.33. The van der Waals surface area contributed by atoms with Crippen molar-refractivity contribution in [3.8, 4) is 0 Å². The van der Waals surface area contributed by atoms with Crippen molar-refractivity contribution in [1.82, 2.24) is 0 Å². The molecular weight excluding hydrogens is 275 g/mol. The fraction of sp³-hybridized carbons (Fsp3) is 0.273. The first kappa shape index (κ1) is 9.21. The number of hydrogen-bond acceptors (Lipinski definition) is 1. The highest BCUT2D eigenvalue weighted by Crippen LogP contribution is 2.32. The molecule has 1 atom stereocenters. The number of benzene rings is 1. The van der Waals surface area contributed by atoms with Crippen LogP contribution >= 0.6 is 22.6 Å². The molecule has 0 bridgehead atoms. The zero-order valence-corrected chi connectivity index (χ0v) is 9.40. The largest absolute Gasteiger partial charge is 0.369 e. The third-order valence-electron chi connectivity index (χ3n) is 2.24. The van der Waals surface area contributed by atoms with E-state index in [1.165, 1.54) is 11.1 Å². The van der Waals surface area contributed by atoms with Crippen LogP contribution in [-0.4, -0.2) is 6.61 Å². The second kappa shape index (κ2) is 4.24. The van der Waals surface area contributed by atoms with Crippen molar-refractivity contribution in [3.05, 3.63) is 45.6 Å². The average Bonchev–Trinajstić information content (AvgIpc) is 2.67. The van der Waals surface area contributed by atoms with Gasteiger partial charge in [-0.05, 0) is 15.2 Å². The Bertz CT molecular complexity index is 305. The summed E-state index contributed by atoms with van der Waals surface area (Å²) < 4.78 is 7.80. The molecule has 0 amide bonds. The molecule has 2 rings (SSSR count). The summed E-state index contributed by atoms with van der Waals surface area (Å²) in [6, 6.07) is 10.4. The molecule has 13 heavy (non-hydrogen) atoms. The van der Waals surface area contributed by atoms with E-state index in [0.29, 0.717) is 0 Å². The molecule has 1 aliphatic rings. The van der Waals surface area contributed by atoms with Crippen LogP contribution in [0, 0.1) is 0 Å². The van der Waals surface area contributed by atoms with Crippen LogP contribution in [0.1, 0.15) is 18.1 Å². The quantitative estimate of drug-likeness (QED) is 0.718. The van der Waals surface area contributed by atoms with Gasteiger partial charge in [-0.3, -0.25) is 0 Å². The second-order valence-electron chi connectivity index (χ2n) is 3.18. The zero-order chi connectivity index (χ0) is 9.10. The van der Waals surface area contributed by atoms with E-state index in [4.69, 9.17) is 4.74 Å². The first-order valence-electron chi connectivity index (χ1n) is 4.35. The molecule has 1 unspecified atom stereocenters. The fourth-order valence-electron chi connectivity index (χ4n) is 1.52. The molecule has 1 aliphatic heterocycles. The average molecular weight is 286 g/mol. The lowest BCUT2D eigenvalue weighted by molar-refractivity contribution is 0.115. The summed E-state index contributed by atoms with van der Waals surface area (Å²) in [6.45, 7) is 0.794. The Morgan fingerprint density at radius 3 is 2.69 bits per heavy atom. The van der Waals surface area contributed by atoms with Gasteiger partial charge in [-0.1, -0.05) is 52.9 Å². The van der Waals surface area contributed by atoms with Crippen LogP contribution in [-0.2, 0) is 4.74 Å². The molecule has 1 aromatic rings. The number of ether oxygens (including phenoxy) is 1. The van der Waals surface area contributed by atoms with E-state index in [2.05, 4.69) is 50.9 Å². The summed E-state index contributed by atoms with van der Waals surface area (Å²) >= 11 is 2.28. The molecule has 1 heterocycles. The van der Waals surface area contributed by atoms with Gasteiger partial charge in [-0.15, -0.1) is 0 Å². The number of hydrogen-bond donors (Lipinski definition) is 0. The predicted octanol–water partition coefficient (Wildman–Crippen LogP) is 3.47. The Hall–Kier alpha value is -0.350. The Kier molecular flexibility index (Phi) is 3.01. The van der Waals surface area contributed by atoms with Gasteiger partial charge in [0, 0.05) is 6.42 Å². The molecule has 0 aliphatic carbocycles. The highest BCUT2D eigenvalue weighted by atomic mass is 127. The molecule has 1 nitrogen and oxygen atoms in total. The summed E-state index contributed by atoms with van der Waals surface area (Å²) in [5.41, 5.74) is 2.69. The van der Waals surface area contributed by atoms with Crippen LogP contribution < -0.4 is 0 Å². The lowest BCUT2D eigenvalue weighted by atomic mass is 10.1. The van der Waals surface area contributed by atoms with Gasteiger partial charge in [0.2, 0.25) is 0 Å². The first-order valence-corrected chi connectivity index (χ1v) is 5.59. The molecule has 0 saturated carbocycles. The van der Waals surface area contributed by atoms with Crippen molar-refractivity contribution in [1.29, 1.82) is 0 Å². The summed E-state index contributed by atoms with van der Waals surface area (Å²) in [4.78, 5) is 0. The van der Waals surface area contributed by atoms with E-state index < -0.39 is 0 Å². The maximum absolute atomic E-state index is 5.67. The van der Waals surface area contributed by atoms with Gasteiger partial charge in [0.1, 0.15) is 0 Å². The van der Waals surface area contributed by atoms with Crippen molar-refractivity contribution in [2.45, 2.75) is 12.5 Å². The molecule has 1 aromatic carbocycles. The third kappa shape index (κ3) is 2.11. The smallest absolute Gasteiger partial charge is 0.0867 e. The lowest BCUT2D eigenvalue weighted by Gasteiger charge is -2.07. The lowest BCUT2D eigenvalue weighted by Crippen LogP contribution is -1.93. The van der Waals surface area contributed by atoms with Crippen molar-refractivity contribution in [2.75, 3.05) is 6.61 Å². The van der Waals surface area contributed by atoms with Crippen LogP contribution in [0.25, 0.3) is 0 Å². The van der Waals surface area contributed by atoms with E-state index in [9.17, 15) is 0 Å². The van der Waals surface area contributed by atoms with Gasteiger partial charge >= 0.3 is 0 Å². The van der Waals surface area contributed by atoms with Crippen LogP contribution in [0.5, 0.6) is 0 Å². The van der Waals surface area contributed by atoms with E-state index in [1.807, 2.05) is 6.07 Å². The molecule has 1 saturated heterocycles. The van der Waals surface area contributed by atoms with Crippen LogP contribution in [0.2, 0.25) is 0 Å². The van der Waals surface area contributed by atoms with Gasteiger partial charge in [0.25, 0.3) is 0 Å².